The third-order valence-electron chi connectivity index (χ3n) is 3.85. The van der Waals surface area contributed by atoms with Gasteiger partial charge in [-0.2, -0.15) is 0 Å². The van der Waals surface area contributed by atoms with E-state index in [1.54, 1.807) is 0 Å². The van der Waals surface area contributed by atoms with Gasteiger partial charge in [0.1, 0.15) is 11.8 Å². The van der Waals surface area contributed by atoms with Crippen LogP contribution in [-0.2, 0) is 20.7 Å². The van der Waals surface area contributed by atoms with Gasteiger partial charge in [-0.05, 0) is 29.5 Å². The Kier molecular flexibility index (Phi) is 7.90. The Morgan fingerprint density at radius 3 is 2.28 bits per heavy atom. The zero-order valence-corrected chi connectivity index (χ0v) is 15.8. The van der Waals surface area contributed by atoms with Gasteiger partial charge in [-0.3, -0.25) is 4.79 Å². The molecule has 1 aromatic rings. The number of nitrogens with one attached hydrogen (secondary N) is 1. The van der Waals surface area contributed by atoms with Crippen molar-refractivity contribution in [3.8, 4) is 5.75 Å². The number of hydrogen-bond acceptors (Lipinski definition) is 5. The molecule has 0 fully saturated rings. The third kappa shape index (κ3) is 6.74. The lowest BCUT2D eigenvalue weighted by Crippen LogP contribution is -2.53. The Morgan fingerprint density at radius 2 is 1.80 bits per heavy atom. The van der Waals surface area contributed by atoms with Gasteiger partial charge >= 0.3 is 5.97 Å². The summed E-state index contributed by atoms with van der Waals surface area (Å²) in [6.45, 7) is 8.32. The molecule has 0 aliphatic rings. The first-order chi connectivity index (χ1) is 11.7. The van der Waals surface area contributed by atoms with E-state index in [4.69, 9.17) is 15.2 Å². The van der Waals surface area contributed by atoms with Crippen LogP contribution < -0.4 is 15.8 Å². The summed E-state index contributed by atoms with van der Waals surface area (Å²) in [7, 11) is 1.30. The van der Waals surface area contributed by atoms with Gasteiger partial charge < -0.3 is 20.5 Å². The monoisotopic (exact) mass is 350 g/mol. The minimum atomic E-state index is -0.784. The number of esters is 1. The highest BCUT2D eigenvalue weighted by Gasteiger charge is 2.31. The topological polar surface area (TPSA) is 90.6 Å². The maximum absolute atomic E-state index is 12.3. The summed E-state index contributed by atoms with van der Waals surface area (Å²) < 4.78 is 10.3. The van der Waals surface area contributed by atoms with Crippen LogP contribution in [0.25, 0.3) is 0 Å². The molecule has 0 aliphatic carbocycles. The van der Waals surface area contributed by atoms with E-state index in [0.29, 0.717) is 13.0 Å². The van der Waals surface area contributed by atoms with Gasteiger partial charge in [-0.25, -0.2) is 4.79 Å². The highest BCUT2D eigenvalue weighted by atomic mass is 16.5. The summed E-state index contributed by atoms with van der Waals surface area (Å²) in [6.07, 6.45) is 1.26. The number of ether oxygens (including phenoxy) is 2. The number of amides is 1. The summed E-state index contributed by atoms with van der Waals surface area (Å²) >= 11 is 0. The molecule has 6 nitrogen and oxygen atoms in total. The van der Waals surface area contributed by atoms with Gasteiger partial charge in [-0.1, -0.05) is 39.8 Å². The molecule has 0 heterocycles. The van der Waals surface area contributed by atoms with Crippen LogP contribution in [0, 0.1) is 5.41 Å². The molecule has 140 valence electrons. The quantitative estimate of drug-likeness (QED) is 0.700. The van der Waals surface area contributed by atoms with Crippen LogP contribution >= 0.6 is 0 Å². The van der Waals surface area contributed by atoms with Gasteiger partial charge in [0.2, 0.25) is 5.91 Å². The standard InChI is InChI=1S/C19H30N2O4/c1-6-11-25-14-9-7-13(8-10-14)12-15(18(23)24-5)21-17(22)16(20)19(2,3)4/h7-10,15-16H,6,11-12,20H2,1-5H3,(H,21,22)/t15-,16+/m0/s1. The average Bonchev–Trinajstić information content (AvgIpc) is 2.58. The number of hydrogen-bond donors (Lipinski definition) is 2. The van der Waals surface area contributed by atoms with E-state index in [9.17, 15) is 9.59 Å². The molecule has 0 aromatic heterocycles. The Labute approximate surface area is 150 Å². The van der Waals surface area contributed by atoms with E-state index in [0.717, 1.165) is 17.7 Å². The van der Waals surface area contributed by atoms with Crippen LogP contribution in [0.2, 0.25) is 0 Å². The number of methoxy groups -OCH3 is 1. The van der Waals surface area contributed by atoms with Crippen molar-refractivity contribution in [2.45, 2.75) is 52.6 Å². The minimum Gasteiger partial charge on any atom is -0.494 e. The minimum absolute atomic E-state index is 0.323. The van der Waals surface area contributed by atoms with Crippen molar-refractivity contribution in [2.75, 3.05) is 13.7 Å². The molecule has 1 rings (SSSR count). The second-order valence-corrected chi connectivity index (χ2v) is 7.12. The zero-order chi connectivity index (χ0) is 19.0. The molecule has 0 radical (unpaired) electrons. The van der Waals surface area contributed by atoms with Crippen molar-refractivity contribution in [3.63, 3.8) is 0 Å². The number of carbonyl (C=O) groups excluding carboxylic acids is 2. The summed E-state index contributed by atoms with van der Waals surface area (Å²) in [6, 6.07) is 5.94. The SMILES string of the molecule is CCCOc1ccc(C[C@H](NC(=O)[C@@H](N)C(C)(C)C)C(=O)OC)cc1. The predicted octanol–water partition coefficient (Wildman–Crippen LogP) is 2.05. The fourth-order valence-electron chi connectivity index (χ4n) is 2.17. The lowest BCUT2D eigenvalue weighted by molar-refractivity contribution is -0.145. The van der Waals surface area contributed by atoms with Crippen LogP contribution in [0.5, 0.6) is 5.75 Å². The number of rotatable bonds is 8. The molecular formula is C19H30N2O4. The van der Waals surface area contributed by atoms with E-state index in [-0.39, 0.29) is 5.91 Å². The Balaban J connectivity index is 2.79. The molecule has 2 atom stereocenters. The second kappa shape index (κ2) is 9.42. The molecule has 6 heteroatoms. The van der Waals surface area contributed by atoms with E-state index in [1.807, 2.05) is 52.0 Å². The van der Waals surface area contributed by atoms with Crippen molar-refractivity contribution in [3.05, 3.63) is 29.8 Å². The molecule has 0 spiro atoms. The van der Waals surface area contributed by atoms with Crippen molar-refractivity contribution in [1.29, 1.82) is 0 Å². The molecule has 0 saturated heterocycles. The maximum Gasteiger partial charge on any atom is 0.328 e. The normalized spacial score (nSPS) is 13.7. The zero-order valence-electron chi connectivity index (χ0n) is 15.8. The molecule has 1 amide bonds. The number of nitrogens with two attached hydrogens (primary N) is 1. The van der Waals surface area contributed by atoms with Gasteiger partial charge in [0, 0.05) is 6.42 Å². The van der Waals surface area contributed by atoms with Gasteiger partial charge in [0.15, 0.2) is 0 Å². The Bertz CT molecular complexity index is 564. The summed E-state index contributed by atoms with van der Waals surface area (Å²) in [5.74, 6) is -0.0921. The number of carbonyl (C=O) groups is 2. The van der Waals surface area contributed by atoms with Crippen molar-refractivity contribution in [2.24, 2.45) is 11.1 Å². The fraction of sp³-hybridized carbons (Fsp3) is 0.579. The second-order valence-electron chi connectivity index (χ2n) is 7.12. The molecule has 0 unspecified atom stereocenters. The third-order valence-corrected chi connectivity index (χ3v) is 3.85. The van der Waals surface area contributed by atoms with Crippen molar-refractivity contribution < 1.29 is 19.1 Å². The highest BCUT2D eigenvalue weighted by molar-refractivity contribution is 5.88. The summed E-state index contributed by atoms with van der Waals surface area (Å²) in [5, 5.41) is 2.70. The van der Waals surface area contributed by atoms with Crippen LogP contribution in [-0.4, -0.2) is 37.7 Å². The van der Waals surface area contributed by atoms with Gasteiger partial charge in [0.25, 0.3) is 0 Å². The lowest BCUT2D eigenvalue weighted by atomic mass is 9.86. The first-order valence-corrected chi connectivity index (χ1v) is 8.54. The van der Waals surface area contributed by atoms with Gasteiger partial charge in [-0.15, -0.1) is 0 Å². The van der Waals surface area contributed by atoms with Gasteiger partial charge in [0.05, 0.1) is 19.8 Å². The highest BCUT2D eigenvalue weighted by Crippen LogP contribution is 2.18. The van der Waals surface area contributed by atoms with Crippen molar-refractivity contribution in [1.82, 2.24) is 5.32 Å². The van der Waals surface area contributed by atoms with E-state index in [1.165, 1.54) is 7.11 Å². The first-order valence-electron chi connectivity index (χ1n) is 8.54. The molecule has 25 heavy (non-hydrogen) atoms. The predicted molar refractivity (Wildman–Crippen MR) is 97.3 cm³/mol. The lowest BCUT2D eigenvalue weighted by Gasteiger charge is -2.27. The smallest absolute Gasteiger partial charge is 0.328 e. The maximum atomic E-state index is 12.3. The molecule has 0 aliphatic heterocycles. The Morgan fingerprint density at radius 1 is 1.20 bits per heavy atom. The van der Waals surface area contributed by atoms with Crippen LogP contribution in [0.1, 0.15) is 39.7 Å². The molecule has 0 bridgehead atoms. The van der Waals surface area contributed by atoms with E-state index >= 15 is 0 Å². The number of benzene rings is 1. The van der Waals surface area contributed by atoms with E-state index < -0.39 is 23.5 Å². The van der Waals surface area contributed by atoms with E-state index in [2.05, 4.69) is 5.32 Å². The molecular weight excluding hydrogens is 320 g/mol. The van der Waals surface area contributed by atoms with Crippen LogP contribution in [0.4, 0.5) is 0 Å². The van der Waals surface area contributed by atoms with Crippen LogP contribution in [0.3, 0.4) is 0 Å². The summed E-state index contributed by atoms with van der Waals surface area (Å²) in [4.78, 5) is 24.3. The summed E-state index contributed by atoms with van der Waals surface area (Å²) in [5.41, 5.74) is 6.46. The average molecular weight is 350 g/mol. The molecule has 1 aromatic carbocycles. The van der Waals surface area contributed by atoms with Crippen molar-refractivity contribution >= 4 is 11.9 Å². The largest absolute Gasteiger partial charge is 0.494 e. The molecule has 3 N–H and O–H groups in total. The molecule has 0 saturated carbocycles. The fourth-order valence-corrected chi connectivity index (χ4v) is 2.17. The Hall–Kier alpha value is -2.08. The van der Waals surface area contributed by atoms with Crippen LogP contribution in [0.15, 0.2) is 24.3 Å². The first kappa shape index (κ1) is 21.0.